The van der Waals surface area contributed by atoms with Gasteiger partial charge in [0.15, 0.2) is 17.6 Å². The lowest BCUT2D eigenvalue weighted by Crippen LogP contribution is -2.30. The Labute approximate surface area is 190 Å². The number of carbonyl (C=O) groups excluding carboxylic acids is 2. The highest BCUT2D eigenvalue weighted by Crippen LogP contribution is 2.42. The van der Waals surface area contributed by atoms with Gasteiger partial charge >= 0.3 is 12.1 Å². The van der Waals surface area contributed by atoms with E-state index in [1.807, 2.05) is 0 Å². The van der Waals surface area contributed by atoms with Crippen molar-refractivity contribution in [2.24, 2.45) is 0 Å². The number of methoxy groups -OCH3 is 1. The molecule has 3 rings (SSSR count). The fraction of sp³-hybridized carbons (Fsp3) is 0.227. The molecule has 0 aliphatic carbocycles. The van der Waals surface area contributed by atoms with Crippen molar-refractivity contribution >= 4 is 40.6 Å². The highest BCUT2D eigenvalue weighted by Gasteiger charge is 2.42. The Morgan fingerprint density at radius 1 is 1.18 bits per heavy atom. The summed E-state index contributed by atoms with van der Waals surface area (Å²) in [6.07, 6.45) is -4.28. The van der Waals surface area contributed by atoms with Gasteiger partial charge in [0, 0.05) is 0 Å². The number of halogens is 3. The number of hydrogen-bond acceptors (Lipinski definition) is 6. The number of nitrogens with zero attached hydrogens (tertiary/aromatic N) is 1. The molecule has 2 aromatic rings. The predicted octanol–water partition coefficient (Wildman–Crippen LogP) is 5.20. The third kappa shape index (κ3) is 5.14. The normalized spacial score (nSPS) is 16.3. The van der Waals surface area contributed by atoms with Crippen LogP contribution in [-0.2, 0) is 15.8 Å². The first-order valence-corrected chi connectivity index (χ1v) is 10.4. The third-order valence-corrected chi connectivity index (χ3v) is 5.51. The zero-order valence-electron chi connectivity index (χ0n) is 17.4. The van der Waals surface area contributed by atoms with Gasteiger partial charge in [-0.25, -0.2) is 9.69 Å². The molecule has 174 valence electrons. The first-order chi connectivity index (χ1) is 15.6. The monoisotopic (exact) mass is 481 g/mol. The van der Waals surface area contributed by atoms with E-state index in [2.05, 4.69) is 0 Å². The van der Waals surface area contributed by atoms with E-state index in [0.717, 1.165) is 12.1 Å². The Bertz CT molecular complexity index is 1130. The summed E-state index contributed by atoms with van der Waals surface area (Å²) in [7, 11) is 1.34. The summed E-state index contributed by atoms with van der Waals surface area (Å²) >= 11 is 0.508. The number of aliphatic carboxylic acids is 1. The molecule has 11 heteroatoms. The molecule has 0 radical (unpaired) electrons. The maximum absolute atomic E-state index is 13.4. The third-order valence-electron chi connectivity index (χ3n) is 4.64. The van der Waals surface area contributed by atoms with Gasteiger partial charge in [-0.2, -0.15) is 13.2 Å². The number of benzene rings is 2. The van der Waals surface area contributed by atoms with E-state index >= 15 is 0 Å². The van der Waals surface area contributed by atoms with Crippen LogP contribution in [-0.4, -0.2) is 35.4 Å². The van der Waals surface area contributed by atoms with E-state index in [0.29, 0.717) is 22.2 Å². The minimum Gasteiger partial charge on any atom is -0.493 e. The number of amides is 2. The van der Waals surface area contributed by atoms with Gasteiger partial charge in [0.05, 0.1) is 23.3 Å². The lowest BCUT2D eigenvalue weighted by Gasteiger charge is -2.18. The second-order valence-corrected chi connectivity index (χ2v) is 7.79. The molecule has 1 N–H and O–H groups in total. The van der Waals surface area contributed by atoms with Gasteiger partial charge in [0.25, 0.3) is 11.1 Å². The first-order valence-electron chi connectivity index (χ1n) is 9.58. The molecule has 0 bridgehead atoms. The van der Waals surface area contributed by atoms with E-state index in [-0.39, 0.29) is 22.8 Å². The van der Waals surface area contributed by atoms with Crippen molar-refractivity contribution in [1.82, 2.24) is 0 Å². The van der Waals surface area contributed by atoms with Crippen molar-refractivity contribution in [3.05, 3.63) is 58.5 Å². The zero-order valence-corrected chi connectivity index (χ0v) is 18.2. The maximum atomic E-state index is 13.4. The van der Waals surface area contributed by atoms with Gasteiger partial charge in [-0.3, -0.25) is 9.59 Å². The van der Waals surface area contributed by atoms with E-state index < -0.39 is 40.6 Å². The summed E-state index contributed by atoms with van der Waals surface area (Å²) in [6, 6.07) is 8.74. The van der Waals surface area contributed by atoms with Crippen LogP contribution >= 0.6 is 11.8 Å². The van der Waals surface area contributed by atoms with Crippen LogP contribution in [0.2, 0.25) is 0 Å². The average Bonchev–Trinajstić information content (AvgIpc) is 3.04. The van der Waals surface area contributed by atoms with Gasteiger partial charge in [-0.1, -0.05) is 25.1 Å². The Morgan fingerprint density at radius 3 is 2.48 bits per heavy atom. The molecule has 1 aliphatic heterocycles. The number of anilines is 1. The fourth-order valence-electron chi connectivity index (χ4n) is 3.07. The number of carboxylic acid groups (broad SMARTS) is 1. The molecule has 1 aliphatic rings. The molecule has 33 heavy (non-hydrogen) atoms. The second-order valence-electron chi connectivity index (χ2n) is 6.80. The number of para-hydroxylation sites is 1. The average molecular weight is 481 g/mol. The van der Waals surface area contributed by atoms with Crippen molar-refractivity contribution in [2.75, 3.05) is 12.0 Å². The molecule has 1 saturated heterocycles. The van der Waals surface area contributed by atoms with Crippen molar-refractivity contribution in [3.63, 3.8) is 0 Å². The molecule has 1 fully saturated rings. The molecule has 2 amide bonds. The highest BCUT2D eigenvalue weighted by atomic mass is 32.2. The Balaban J connectivity index is 1.92. The lowest BCUT2D eigenvalue weighted by atomic mass is 10.1. The summed E-state index contributed by atoms with van der Waals surface area (Å²) in [5.74, 6) is -1.68. The van der Waals surface area contributed by atoms with Crippen molar-refractivity contribution < 1.29 is 42.1 Å². The molecule has 0 aromatic heterocycles. The Kier molecular flexibility index (Phi) is 7.01. The number of rotatable bonds is 7. The highest BCUT2D eigenvalue weighted by molar-refractivity contribution is 8.19. The van der Waals surface area contributed by atoms with Gasteiger partial charge in [-0.05, 0) is 54.1 Å². The summed E-state index contributed by atoms with van der Waals surface area (Å²) < 4.78 is 50.7. The van der Waals surface area contributed by atoms with E-state index in [1.54, 1.807) is 6.92 Å². The summed E-state index contributed by atoms with van der Waals surface area (Å²) in [6.45, 7) is 1.65. The van der Waals surface area contributed by atoms with Crippen molar-refractivity contribution in [1.29, 1.82) is 0 Å². The minimum atomic E-state index is -4.75. The van der Waals surface area contributed by atoms with Crippen LogP contribution in [0.4, 0.5) is 23.7 Å². The topological polar surface area (TPSA) is 93.1 Å². The lowest BCUT2D eigenvalue weighted by molar-refractivity contribution is -0.145. The molecule has 0 spiro atoms. The number of carboxylic acids is 1. The van der Waals surface area contributed by atoms with Gasteiger partial charge in [0.2, 0.25) is 0 Å². The van der Waals surface area contributed by atoms with Crippen LogP contribution in [0.15, 0.2) is 47.4 Å². The van der Waals surface area contributed by atoms with Crippen LogP contribution in [0.5, 0.6) is 11.5 Å². The Hall–Kier alpha value is -3.47. The zero-order chi connectivity index (χ0) is 24.3. The summed E-state index contributed by atoms with van der Waals surface area (Å²) in [5.41, 5.74) is -1.24. The van der Waals surface area contributed by atoms with Crippen molar-refractivity contribution in [3.8, 4) is 11.5 Å². The van der Waals surface area contributed by atoms with Crippen LogP contribution in [0, 0.1) is 0 Å². The largest absolute Gasteiger partial charge is 0.493 e. The van der Waals surface area contributed by atoms with Gasteiger partial charge in [-0.15, -0.1) is 0 Å². The molecule has 1 heterocycles. The number of imide groups is 1. The Morgan fingerprint density at radius 2 is 1.88 bits per heavy atom. The number of thioether (sulfide) groups is 1. The number of carbonyl (C=O) groups is 3. The molecule has 7 nitrogen and oxygen atoms in total. The smallest absolute Gasteiger partial charge is 0.418 e. The SMILES string of the molecule is CCC(Oc1ccc(/C=C2/SC(=O)N(c3ccccc3C(F)(F)F)C2=O)cc1OC)C(=O)O. The maximum Gasteiger partial charge on any atom is 0.418 e. The van der Waals surface area contributed by atoms with Crippen molar-refractivity contribution in [2.45, 2.75) is 25.6 Å². The summed E-state index contributed by atoms with van der Waals surface area (Å²) in [4.78, 5) is 36.9. The number of hydrogen-bond donors (Lipinski definition) is 1. The van der Waals surface area contributed by atoms with Gasteiger partial charge in [0.1, 0.15) is 0 Å². The minimum absolute atomic E-state index is 0.0790. The second kappa shape index (κ2) is 9.57. The predicted molar refractivity (Wildman–Crippen MR) is 115 cm³/mol. The van der Waals surface area contributed by atoms with Crippen LogP contribution in [0.3, 0.4) is 0 Å². The van der Waals surface area contributed by atoms with E-state index in [1.165, 1.54) is 43.5 Å². The summed E-state index contributed by atoms with van der Waals surface area (Å²) in [5, 5.41) is 8.30. The molecule has 1 atom stereocenters. The number of ether oxygens (including phenoxy) is 2. The quantitative estimate of drug-likeness (QED) is 0.544. The van der Waals surface area contributed by atoms with Crippen LogP contribution < -0.4 is 14.4 Å². The molecular formula is C22H18F3NO6S. The van der Waals surface area contributed by atoms with Crippen LogP contribution in [0.1, 0.15) is 24.5 Å². The fourth-order valence-corrected chi connectivity index (χ4v) is 3.90. The van der Waals surface area contributed by atoms with E-state index in [4.69, 9.17) is 14.6 Å². The molecule has 2 aromatic carbocycles. The molecule has 1 unspecified atom stereocenters. The standard InChI is InChI=1S/C22H18F3NO6S/c1-3-15(20(28)29)32-16-9-8-12(10-17(16)31-2)11-18-19(27)26(21(30)33-18)14-7-5-4-6-13(14)22(23,24)25/h4-11,15H,3H2,1-2H3,(H,28,29)/b18-11+. The molecular weight excluding hydrogens is 463 g/mol. The number of alkyl halides is 3. The molecule has 0 saturated carbocycles. The first kappa shape index (κ1) is 24.2. The van der Waals surface area contributed by atoms with Crippen LogP contribution in [0.25, 0.3) is 6.08 Å². The van der Waals surface area contributed by atoms with Gasteiger partial charge < -0.3 is 14.6 Å². The van der Waals surface area contributed by atoms with E-state index in [9.17, 15) is 27.6 Å².